The van der Waals surface area contributed by atoms with Crippen LogP contribution in [0.25, 0.3) is 43.6 Å². The van der Waals surface area contributed by atoms with Crippen molar-refractivity contribution < 1.29 is 0 Å². The number of pyridine rings is 2. The van der Waals surface area contributed by atoms with Crippen molar-refractivity contribution in [3.05, 3.63) is 79.1 Å². The van der Waals surface area contributed by atoms with Gasteiger partial charge in [-0.05, 0) is 128 Å². The summed E-state index contributed by atoms with van der Waals surface area (Å²) in [6.45, 7) is 21.1. The molecule has 0 aliphatic heterocycles. The van der Waals surface area contributed by atoms with Crippen LogP contribution in [-0.2, 0) is 11.1 Å². The lowest BCUT2D eigenvalue weighted by atomic mass is 9.96. The normalized spacial score (nSPS) is 12.9. The molecule has 0 unspecified atom stereocenters. The monoisotopic (exact) mass is 480 g/mol. The van der Waals surface area contributed by atoms with Crippen molar-refractivity contribution in [3.8, 4) is 0 Å². The fraction of sp³-hybridized carbons (Fsp3) is 0.375. The molecule has 0 N–H and O–H groups in total. The molecule has 0 radical (unpaired) electrons. The van der Waals surface area contributed by atoms with Gasteiger partial charge in [-0.25, -0.2) is 0 Å². The molecule has 36 heavy (non-hydrogen) atoms. The topological polar surface area (TPSA) is 44.0 Å². The smallest absolute Gasteiger partial charge is 0.197 e. The van der Waals surface area contributed by atoms with Gasteiger partial charge in [-0.3, -0.25) is 9.59 Å². The molecule has 0 saturated carbocycles. The Bertz CT molecular complexity index is 1730. The highest BCUT2D eigenvalue weighted by molar-refractivity contribution is 6.04. The summed E-state index contributed by atoms with van der Waals surface area (Å²) in [5, 5.41) is 2.73. The van der Waals surface area contributed by atoms with E-state index in [9.17, 15) is 9.59 Å². The SMILES string of the molecule is Cc1cc2c(=O)c3cc4c(cc3n(C(C)(C)C)c2cc1C)c(=O)c1cc(C)c(C)cc1n4C(C)(C)C. The van der Waals surface area contributed by atoms with Gasteiger partial charge in [0.15, 0.2) is 10.9 Å². The van der Waals surface area contributed by atoms with Crippen LogP contribution in [0.4, 0.5) is 0 Å². The van der Waals surface area contributed by atoms with E-state index in [1.165, 1.54) is 0 Å². The Morgan fingerprint density at radius 2 is 0.694 bits per heavy atom. The summed E-state index contributed by atoms with van der Waals surface area (Å²) in [6.07, 6.45) is 0. The molecule has 0 atom stereocenters. The number of aromatic nitrogens is 2. The molecule has 186 valence electrons. The van der Waals surface area contributed by atoms with Gasteiger partial charge in [-0.15, -0.1) is 0 Å². The second-order valence-electron chi connectivity index (χ2n) is 12.5. The third kappa shape index (κ3) is 3.42. The van der Waals surface area contributed by atoms with E-state index in [0.29, 0.717) is 10.8 Å². The van der Waals surface area contributed by atoms with Crippen molar-refractivity contribution in [2.24, 2.45) is 0 Å². The maximum absolute atomic E-state index is 14.0. The lowest BCUT2D eigenvalue weighted by molar-refractivity contribution is 0.420. The average Bonchev–Trinajstić information content (AvgIpc) is 2.75. The number of rotatable bonds is 0. The molecule has 4 heteroatoms. The van der Waals surface area contributed by atoms with Crippen LogP contribution in [0, 0.1) is 27.7 Å². The molecule has 0 fully saturated rings. The molecule has 0 bridgehead atoms. The zero-order chi connectivity index (χ0) is 26.5. The molecule has 5 rings (SSSR count). The quantitative estimate of drug-likeness (QED) is 0.217. The van der Waals surface area contributed by atoms with Crippen LogP contribution < -0.4 is 10.9 Å². The van der Waals surface area contributed by atoms with Gasteiger partial charge in [0.25, 0.3) is 0 Å². The molecule has 0 amide bonds. The fourth-order valence-electron chi connectivity index (χ4n) is 5.64. The highest BCUT2D eigenvalue weighted by Gasteiger charge is 2.25. The van der Waals surface area contributed by atoms with Gasteiger partial charge in [-0.2, -0.15) is 0 Å². The van der Waals surface area contributed by atoms with Crippen LogP contribution in [0.15, 0.2) is 46.0 Å². The first-order chi connectivity index (χ1) is 16.6. The Hall–Kier alpha value is -3.40. The van der Waals surface area contributed by atoms with Crippen molar-refractivity contribution in [1.82, 2.24) is 9.13 Å². The van der Waals surface area contributed by atoms with Gasteiger partial charge in [0.05, 0.1) is 22.1 Å². The predicted octanol–water partition coefficient (Wildman–Crippen LogP) is 7.37. The summed E-state index contributed by atoms with van der Waals surface area (Å²) in [5.74, 6) is 0. The van der Waals surface area contributed by atoms with E-state index in [4.69, 9.17) is 0 Å². The zero-order valence-corrected chi connectivity index (χ0v) is 23.2. The van der Waals surface area contributed by atoms with Crippen LogP contribution in [0.3, 0.4) is 0 Å². The largest absolute Gasteiger partial charge is 0.335 e. The van der Waals surface area contributed by atoms with Crippen molar-refractivity contribution in [3.63, 3.8) is 0 Å². The highest BCUT2D eigenvalue weighted by Crippen LogP contribution is 2.34. The predicted molar refractivity (Wildman–Crippen MR) is 154 cm³/mol. The van der Waals surface area contributed by atoms with E-state index in [2.05, 4.69) is 76.7 Å². The first-order valence-corrected chi connectivity index (χ1v) is 12.7. The summed E-state index contributed by atoms with van der Waals surface area (Å²) in [5.41, 5.74) is 7.34. The average molecular weight is 481 g/mol. The van der Waals surface area contributed by atoms with Gasteiger partial charge in [0.1, 0.15) is 0 Å². The molecule has 4 nitrogen and oxygen atoms in total. The molecular formula is C32H36N2O2. The first kappa shape index (κ1) is 24.3. The van der Waals surface area contributed by atoms with E-state index in [1.807, 2.05) is 38.1 Å². The molecule has 2 heterocycles. The van der Waals surface area contributed by atoms with Crippen molar-refractivity contribution in [2.45, 2.75) is 80.3 Å². The van der Waals surface area contributed by atoms with Gasteiger partial charge in [0.2, 0.25) is 0 Å². The van der Waals surface area contributed by atoms with Crippen LogP contribution in [0.5, 0.6) is 0 Å². The van der Waals surface area contributed by atoms with Gasteiger partial charge < -0.3 is 9.13 Å². The number of nitrogens with zero attached hydrogens (tertiary/aromatic N) is 2. The Morgan fingerprint density at radius 3 is 1.00 bits per heavy atom. The van der Waals surface area contributed by atoms with E-state index in [0.717, 1.165) is 55.1 Å². The van der Waals surface area contributed by atoms with E-state index >= 15 is 0 Å². The Kier molecular flexibility index (Phi) is 5.10. The van der Waals surface area contributed by atoms with Crippen LogP contribution in [-0.4, -0.2) is 9.13 Å². The van der Waals surface area contributed by atoms with Crippen molar-refractivity contribution in [2.75, 3.05) is 0 Å². The Balaban J connectivity index is 2.16. The van der Waals surface area contributed by atoms with Crippen LogP contribution in [0.1, 0.15) is 63.8 Å². The van der Waals surface area contributed by atoms with E-state index < -0.39 is 0 Å². The van der Waals surface area contributed by atoms with Gasteiger partial charge in [-0.1, -0.05) is 0 Å². The molecule has 3 aromatic carbocycles. The summed E-state index contributed by atoms with van der Waals surface area (Å²) >= 11 is 0. The number of benzene rings is 3. The maximum atomic E-state index is 14.0. The van der Waals surface area contributed by atoms with E-state index in [-0.39, 0.29) is 21.9 Å². The van der Waals surface area contributed by atoms with Gasteiger partial charge >= 0.3 is 0 Å². The Morgan fingerprint density at radius 1 is 0.444 bits per heavy atom. The number of hydrogen-bond donors (Lipinski definition) is 0. The number of fused-ring (bicyclic) bond motifs is 4. The molecule has 0 aliphatic carbocycles. The minimum absolute atomic E-state index is 0.0126. The minimum Gasteiger partial charge on any atom is -0.335 e. The summed E-state index contributed by atoms with van der Waals surface area (Å²) < 4.78 is 4.47. The zero-order valence-electron chi connectivity index (χ0n) is 23.2. The fourth-order valence-corrected chi connectivity index (χ4v) is 5.64. The lowest BCUT2D eigenvalue weighted by Crippen LogP contribution is -2.28. The van der Waals surface area contributed by atoms with Crippen molar-refractivity contribution in [1.29, 1.82) is 0 Å². The molecule has 5 aromatic rings. The van der Waals surface area contributed by atoms with Gasteiger partial charge in [0, 0.05) is 32.6 Å². The number of hydrogen-bond acceptors (Lipinski definition) is 2. The maximum Gasteiger partial charge on any atom is 0.197 e. The lowest BCUT2D eigenvalue weighted by Gasteiger charge is -2.31. The Labute approximate surface area is 212 Å². The third-order valence-corrected chi connectivity index (χ3v) is 7.62. The van der Waals surface area contributed by atoms with Crippen LogP contribution in [0.2, 0.25) is 0 Å². The second kappa shape index (κ2) is 7.55. The highest BCUT2D eigenvalue weighted by atomic mass is 16.1. The molecule has 2 aromatic heterocycles. The molecule has 0 saturated heterocycles. The molecular weight excluding hydrogens is 444 g/mol. The molecule has 0 aliphatic rings. The number of aryl methyl sites for hydroxylation is 4. The summed E-state index contributed by atoms with van der Waals surface area (Å²) in [6, 6.07) is 12.2. The van der Waals surface area contributed by atoms with Crippen LogP contribution >= 0.6 is 0 Å². The van der Waals surface area contributed by atoms with E-state index in [1.54, 1.807) is 0 Å². The third-order valence-electron chi connectivity index (χ3n) is 7.62. The second-order valence-corrected chi connectivity index (χ2v) is 12.5. The standard InChI is InChI=1S/C32H36N2O2/c1-17-11-21-25(13-19(17)3)33(31(5,6)7)27-16-24-28(15-23(27)29(21)35)34(32(8,9)10)26-14-20(4)18(2)12-22(26)30(24)36/h11-16H,1-10H3. The van der Waals surface area contributed by atoms with Crippen molar-refractivity contribution >= 4 is 43.6 Å². The minimum atomic E-state index is -0.298. The first-order valence-electron chi connectivity index (χ1n) is 12.7. The molecule has 0 spiro atoms. The summed E-state index contributed by atoms with van der Waals surface area (Å²) in [4.78, 5) is 28.0. The summed E-state index contributed by atoms with van der Waals surface area (Å²) in [7, 11) is 0.